The van der Waals surface area contributed by atoms with E-state index in [1.807, 2.05) is 13.8 Å². The third kappa shape index (κ3) is 3.71. The average molecular weight is 238 g/mol. The van der Waals surface area contributed by atoms with E-state index in [2.05, 4.69) is 10.3 Å². The van der Waals surface area contributed by atoms with Crippen LogP contribution in [0.1, 0.15) is 30.6 Å². The lowest BCUT2D eigenvalue weighted by Crippen LogP contribution is -2.28. The average Bonchev–Trinajstić information content (AvgIpc) is 2.28. The first-order chi connectivity index (χ1) is 8.06. The van der Waals surface area contributed by atoms with Gasteiger partial charge in [0, 0.05) is 18.8 Å². The maximum atomic E-state index is 11.0. The third-order valence-corrected chi connectivity index (χ3v) is 2.61. The molecule has 0 spiro atoms. The second-order valence-electron chi connectivity index (χ2n) is 4.21. The maximum Gasteiger partial charge on any atom is 0.339 e. The lowest BCUT2D eigenvalue weighted by molar-refractivity contribution is 0.0697. The molecule has 5 nitrogen and oxygen atoms in total. The summed E-state index contributed by atoms with van der Waals surface area (Å²) in [5, 5.41) is 21.1. The molecule has 0 fully saturated rings. The van der Waals surface area contributed by atoms with Crippen LogP contribution in [-0.2, 0) is 0 Å². The van der Waals surface area contributed by atoms with E-state index < -0.39 is 5.97 Å². The fourth-order valence-corrected chi connectivity index (χ4v) is 1.58. The summed E-state index contributed by atoms with van der Waals surface area (Å²) in [4.78, 5) is 15.0. The molecule has 0 aliphatic heterocycles. The van der Waals surface area contributed by atoms with Crippen LogP contribution < -0.4 is 5.32 Å². The molecule has 1 atom stereocenters. The van der Waals surface area contributed by atoms with Gasteiger partial charge in [-0.15, -0.1) is 0 Å². The van der Waals surface area contributed by atoms with Crippen LogP contribution in [0.15, 0.2) is 18.3 Å². The summed E-state index contributed by atoms with van der Waals surface area (Å²) in [5.74, 6) is -0.370. The van der Waals surface area contributed by atoms with Gasteiger partial charge in [-0.3, -0.25) is 0 Å². The van der Waals surface area contributed by atoms with Gasteiger partial charge in [-0.05, 0) is 24.5 Å². The first-order valence-electron chi connectivity index (χ1n) is 5.62. The molecular formula is C12H18N2O3. The highest BCUT2D eigenvalue weighted by Gasteiger charge is 2.17. The molecule has 0 bridgehead atoms. The van der Waals surface area contributed by atoms with E-state index in [1.165, 1.54) is 6.07 Å². The number of aromatic carboxylic acids is 1. The van der Waals surface area contributed by atoms with Crippen molar-refractivity contribution >= 4 is 11.8 Å². The summed E-state index contributed by atoms with van der Waals surface area (Å²) < 4.78 is 0. The molecule has 1 heterocycles. The van der Waals surface area contributed by atoms with Crippen molar-refractivity contribution in [1.82, 2.24) is 4.98 Å². The van der Waals surface area contributed by atoms with Crippen LogP contribution in [0.2, 0.25) is 0 Å². The number of anilines is 1. The summed E-state index contributed by atoms with van der Waals surface area (Å²) in [6.45, 7) is 4.08. The van der Waals surface area contributed by atoms with Crippen molar-refractivity contribution in [2.24, 2.45) is 5.92 Å². The Balaban J connectivity index is 2.88. The number of rotatable bonds is 6. The molecular weight excluding hydrogens is 220 g/mol. The second kappa shape index (κ2) is 6.20. The van der Waals surface area contributed by atoms with Crippen molar-refractivity contribution in [2.75, 3.05) is 11.9 Å². The molecule has 1 rings (SSSR count). The summed E-state index contributed by atoms with van der Waals surface area (Å²) in [5.41, 5.74) is 0.149. The molecule has 0 aliphatic carbocycles. The Hall–Kier alpha value is -1.62. The predicted molar refractivity (Wildman–Crippen MR) is 65.1 cm³/mol. The van der Waals surface area contributed by atoms with Crippen molar-refractivity contribution in [3.8, 4) is 0 Å². The first-order valence-corrected chi connectivity index (χ1v) is 5.62. The normalized spacial score (nSPS) is 12.5. The van der Waals surface area contributed by atoms with Gasteiger partial charge in [-0.2, -0.15) is 0 Å². The maximum absolute atomic E-state index is 11.0. The van der Waals surface area contributed by atoms with E-state index in [0.29, 0.717) is 12.2 Å². The van der Waals surface area contributed by atoms with E-state index >= 15 is 0 Å². The van der Waals surface area contributed by atoms with Crippen LogP contribution >= 0.6 is 0 Å². The summed E-state index contributed by atoms with van der Waals surface area (Å²) >= 11 is 0. The lowest BCUT2D eigenvalue weighted by Gasteiger charge is -2.22. The molecule has 3 N–H and O–H groups in total. The van der Waals surface area contributed by atoms with Crippen LogP contribution in [0.4, 0.5) is 5.82 Å². The van der Waals surface area contributed by atoms with E-state index in [9.17, 15) is 4.79 Å². The number of carbonyl (C=O) groups is 1. The zero-order valence-electron chi connectivity index (χ0n) is 10.1. The van der Waals surface area contributed by atoms with Gasteiger partial charge in [0.2, 0.25) is 0 Å². The monoisotopic (exact) mass is 238 g/mol. The highest BCUT2D eigenvalue weighted by Crippen LogP contribution is 2.17. The zero-order chi connectivity index (χ0) is 12.8. The molecule has 1 aromatic rings. The molecule has 0 aliphatic rings. The Morgan fingerprint density at radius 3 is 2.76 bits per heavy atom. The van der Waals surface area contributed by atoms with Crippen LogP contribution in [0.5, 0.6) is 0 Å². The summed E-state index contributed by atoms with van der Waals surface area (Å²) in [7, 11) is 0. The smallest absolute Gasteiger partial charge is 0.339 e. The second-order valence-corrected chi connectivity index (χ2v) is 4.21. The van der Waals surface area contributed by atoms with Gasteiger partial charge in [0.1, 0.15) is 11.4 Å². The van der Waals surface area contributed by atoms with Crippen molar-refractivity contribution in [1.29, 1.82) is 0 Å². The van der Waals surface area contributed by atoms with E-state index in [4.69, 9.17) is 10.2 Å². The van der Waals surface area contributed by atoms with E-state index in [1.54, 1.807) is 12.3 Å². The number of aliphatic hydroxyl groups excluding tert-OH is 1. The topological polar surface area (TPSA) is 82.5 Å². The van der Waals surface area contributed by atoms with Gasteiger partial charge in [0.15, 0.2) is 0 Å². The van der Waals surface area contributed by atoms with Gasteiger partial charge >= 0.3 is 5.97 Å². The third-order valence-electron chi connectivity index (χ3n) is 2.61. The Bertz CT molecular complexity index is 380. The number of hydrogen-bond donors (Lipinski definition) is 3. The molecule has 1 unspecified atom stereocenters. The van der Waals surface area contributed by atoms with Crippen molar-refractivity contribution in [3.63, 3.8) is 0 Å². The predicted octanol–water partition coefficient (Wildman–Crippen LogP) is 1.60. The minimum absolute atomic E-state index is 0.00741. The van der Waals surface area contributed by atoms with Crippen molar-refractivity contribution in [2.45, 2.75) is 26.3 Å². The van der Waals surface area contributed by atoms with E-state index in [-0.39, 0.29) is 24.1 Å². The minimum Gasteiger partial charge on any atom is -0.478 e. The number of aliphatic hydroxyl groups is 1. The Kier molecular flexibility index (Phi) is 4.90. The molecule has 0 aromatic carbocycles. The largest absolute Gasteiger partial charge is 0.478 e. The molecule has 17 heavy (non-hydrogen) atoms. The fourth-order valence-electron chi connectivity index (χ4n) is 1.58. The number of carboxylic acids is 1. The molecule has 1 aromatic heterocycles. The summed E-state index contributed by atoms with van der Waals surface area (Å²) in [6, 6.07) is 3.10. The van der Waals surface area contributed by atoms with Gasteiger partial charge in [0.25, 0.3) is 0 Å². The van der Waals surface area contributed by atoms with E-state index in [0.717, 1.165) is 0 Å². The minimum atomic E-state index is -1.01. The molecule has 94 valence electrons. The number of aromatic nitrogens is 1. The first kappa shape index (κ1) is 13.4. The Morgan fingerprint density at radius 1 is 1.53 bits per heavy atom. The molecule has 0 saturated heterocycles. The van der Waals surface area contributed by atoms with Crippen LogP contribution in [-0.4, -0.2) is 33.8 Å². The van der Waals surface area contributed by atoms with Gasteiger partial charge < -0.3 is 15.5 Å². The Morgan fingerprint density at radius 2 is 2.24 bits per heavy atom. The highest BCUT2D eigenvalue weighted by molar-refractivity contribution is 5.93. The number of nitrogens with one attached hydrogen (secondary N) is 1. The number of hydrogen-bond acceptors (Lipinski definition) is 4. The van der Waals surface area contributed by atoms with Crippen molar-refractivity contribution in [3.05, 3.63) is 23.9 Å². The van der Waals surface area contributed by atoms with Gasteiger partial charge in [-0.1, -0.05) is 13.8 Å². The van der Waals surface area contributed by atoms with Crippen molar-refractivity contribution < 1.29 is 15.0 Å². The molecule has 0 radical (unpaired) electrons. The highest BCUT2D eigenvalue weighted by atomic mass is 16.4. The summed E-state index contributed by atoms with van der Waals surface area (Å²) in [6.07, 6.45) is 2.11. The van der Waals surface area contributed by atoms with Crippen LogP contribution in [0, 0.1) is 5.92 Å². The molecule has 0 saturated carbocycles. The zero-order valence-corrected chi connectivity index (χ0v) is 10.1. The SMILES string of the molecule is CC(C)C(CCO)Nc1ncccc1C(=O)O. The number of pyridine rings is 1. The number of carboxylic acid groups (broad SMARTS) is 1. The quantitative estimate of drug-likeness (QED) is 0.701. The van der Waals surface area contributed by atoms with Gasteiger partial charge in [0.05, 0.1) is 0 Å². The van der Waals surface area contributed by atoms with Gasteiger partial charge in [-0.25, -0.2) is 9.78 Å². The number of nitrogens with zero attached hydrogens (tertiary/aromatic N) is 1. The van der Waals surface area contributed by atoms with Crippen LogP contribution in [0.3, 0.4) is 0 Å². The van der Waals surface area contributed by atoms with Crippen LogP contribution in [0.25, 0.3) is 0 Å². The fraction of sp³-hybridized carbons (Fsp3) is 0.500. The molecule has 5 heteroatoms. The Labute approximate surface area is 101 Å². The molecule has 0 amide bonds. The lowest BCUT2D eigenvalue weighted by atomic mass is 10.0. The standard InChI is InChI=1S/C12H18N2O3/c1-8(2)10(5-7-15)14-11-9(12(16)17)4-3-6-13-11/h3-4,6,8,10,15H,5,7H2,1-2H3,(H,13,14)(H,16,17).